The topological polar surface area (TPSA) is 195 Å². The SMILES string of the molecule is CCC1(CC)c2ccc(-c3cnc([C@@H]4CCCN4C(=O)C(NC(=O)O)C(C)C)[nH]3)cc2Oc2ccc3cc(-c4cnc([C@@H]5CCCN5C(=O)C(NC(=O)OC)C(C)C)[nH]4)ccc3c21. The van der Waals surface area contributed by atoms with Crippen LogP contribution >= 0.6 is 0 Å². The van der Waals surface area contributed by atoms with Gasteiger partial charge in [-0.2, -0.15) is 0 Å². The molecule has 5 heterocycles. The average Bonchev–Trinajstić information content (AvgIpc) is 4.13. The number of carbonyl (C=O) groups is 4. The van der Waals surface area contributed by atoms with Crippen LogP contribution in [0.25, 0.3) is 33.3 Å². The molecule has 3 aliphatic heterocycles. The molecule has 4 atom stereocenters. The number of hydrogen-bond donors (Lipinski definition) is 5. The number of aromatic amines is 2. The second-order valence-corrected chi connectivity index (χ2v) is 17.7. The maximum atomic E-state index is 13.7. The minimum atomic E-state index is -1.22. The third kappa shape index (κ3) is 7.86. The van der Waals surface area contributed by atoms with Gasteiger partial charge in [0.25, 0.3) is 0 Å². The third-order valence-electron chi connectivity index (χ3n) is 13.5. The van der Waals surface area contributed by atoms with Crippen molar-refractivity contribution in [1.82, 2.24) is 40.4 Å². The van der Waals surface area contributed by atoms with Gasteiger partial charge in [-0.1, -0.05) is 71.9 Å². The van der Waals surface area contributed by atoms with Crippen LogP contribution in [0.4, 0.5) is 9.59 Å². The molecule has 0 aliphatic carbocycles. The van der Waals surface area contributed by atoms with E-state index in [0.717, 1.165) is 100 Å². The Morgan fingerprint density at radius 3 is 1.89 bits per heavy atom. The van der Waals surface area contributed by atoms with E-state index in [2.05, 4.69) is 83.0 Å². The molecule has 5 aromatic rings. The van der Waals surface area contributed by atoms with Crippen LogP contribution in [0, 0.1) is 11.8 Å². The lowest BCUT2D eigenvalue weighted by Crippen LogP contribution is -2.51. The van der Waals surface area contributed by atoms with Crippen molar-refractivity contribution in [3.63, 3.8) is 0 Å². The van der Waals surface area contributed by atoms with E-state index < -0.39 is 24.3 Å². The molecule has 4 amide bonds. The lowest BCUT2D eigenvalue weighted by atomic mass is 9.67. The molecule has 63 heavy (non-hydrogen) atoms. The number of likely N-dealkylation sites (tertiary alicyclic amines) is 2. The molecule has 2 saturated heterocycles. The van der Waals surface area contributed by atoms with Crippen molar-refractivity contribution in [3.8, 4) is 34.0 Å². The summed E-state index contributed by atoms with van der Waals surface area (Å²) in [6.07, 6.45) is 6.62. The Labute approximate surface area is 367 Å². The van der Waals surface area contributed by atoms with E-state index in [1.165, 1.54) is 7.11 Å². The van der Waals surface area contributed by atoms with E-state index in [0.29, 0.717) is 18.9 Å². The van der Waals surface area contributed by atoms with Crippen molar-refractivity contribution in [2.45, 2.75) is 110 Å². The van der Waals surface area contributed by atoms with Crippen LogP contribution in [0.3, 0.4) is 0 Å². The third-order valence-corrected chi connectivity index (χ3v) is 13.5. The standard InChI is InChI=1S/C48H58N8O7/c1-8-48(9-2)32-18-15-30(34-25-50-43(52-34)35-12-10-20-55(35)44(57)40(26(3)4)53-46(59)60)23-38(32)63-37-19-16-28-22-29(14-17-31(28)39(37)48)33-24-49-42(51-33)36-13-11-21-56(36)45(58)41(27(5)6)54-47(61)62-7/h14-19,22-27,35-36,40-41,53H,8-13,20-21H2,1-7H3,(H,49,51)(H,50,52)(H,54,61)(H,59,60)/t35-,36-,40?,41?/m0/s1. The van der Waals surface area contributed by atoms with Gasteiger partial charge < -0.3 is 45.0 Å². The highest BCUT2D eigenvalue weighted by molar-refractivity contribution is 5.93. The molecule has 2 aromatic heterocycles. The summed E-state index contributed by atoms with van der Waals surface area (Å²) in [4.78, 5) is 70.9. The van der Waals surface area contributed by atoms with Gasteiger partial charge in [-0.25, -0.2) is 19.6 Å². The number of amides is 4. The van der Waals surface area contributed by atoms with E-state index in [1.807, 2.05) is 38.8 Å². The number of aromatic nitrogens is 4. The maximum Gasteiger partial charge on any atom is 0.407 e. The normalized spacial score (nSPS) is 18.8. The fraction of sp³-hybridized carbons (Fsp3) is 0.458. The predicted octanol–water partition coefficient (Wildman–Crippen LogP) is 8.83. The fourth-order valence-corrected chi connectivity index (χ4v) is 10.1. The number of carboxylic acid groups (broad SMARTS) is 1. The molecule has 15 heteroatoms. The highest BCUT2D eigenvalue weighted by Gasteiger charge is 2.42. The van der Waals surface area contributed by atoms with Crippen molar-refractivity contribution < 1.29 is 33.8 Å². The van der Waals surface area contributed by atoms with Crippen LogP contribution < -0.4 is 15.4 Å². The summed E-state index contributed by atoms with van der Waals surface area (Å²) in [6, 6.07) is 14.9. The number of methoxy groups -OCH3 is 1. The number of carbonyl (C=O) groups excluding carboxylic acids is 3. The monoisotopic (exact) mass is 858 g/mol. The van der Waals surface area contributed by atoms with E-state index in [1.54, 1.807) is 11.1 Å². The Hall–Kier alpha value is -6.38. The molecule has 2 fully saturated rings. The molecule has 3 aromatic carbocycles. The van der Waals surface area contributed by atoms with E-state index >= 15 is 0 Å². The predicted molar refractivity (Wildman–Crippen MR) is 238 cm³/mol. The Balaban J connectivity index is 1.05. The molecule has 15 nitrogen and oxygen atoms in total. The summed E-state index contributed by atoms with van der Waals surface area (Å²) >= 11 is 0. The van der Waals surface area contributed by atoms with Gasteiger partial charge >= 0.3 is 12.2 Å². The summed E-state index contributed by atoms with van der Waals surface area (Å²) < 4.78 is 11.6. The molecule has 0 saturated carbocycles. The van der Waals surface area contributed by atoms with E-state index in [9.17, 15) is 24.3 Å². The number of H-pyrrole nitrogens is 2. The van der Waals surface area contributed by atoms with Gasteiger partial charge in [0.2, 0.25) is 11.8 Å². The molecular weight excluding hydrogens is 801 g/mol. The first-order valence-corrected chi connectivity index (χ1v) is 22.2. The molecule has 8 rings (SSSR count). The number of nitrogens with one attached hydrogen (secondary N) is 4. The molecule has 0 radical (unpaired) electrons. The Morgan fingerprint density at radius 2 is 1.35 bits per heavy atom. The number of nitrogens with zero attached hydrogens (tertiary/aromatic N) is 4. The smallest absolute Gasteiger partial charge is 0.407 e. The first kappa shape index (κ1) is 43.3. The summed E-state index contributed by atoms with van der Waals surface area (Å²) in [5.74, 6) is 2.29. The minimum Gasteiger partial charge on any atom is -0.465 e. The lowest BCUT2D eigenvalue weighted by Gasteiger charge is -2.40. The zero-order chi connectivity index (χ0) is 44.7. The molecule has 0 spiro atoms. The second-order valence-electron chi connectivity index (χ2n) is 17.7. The van der Waals surface area contributed by atoms with Gasteiger partial charge in [0.1, 0.15) is 35.2 Å². The number of alkyl carbamates (subject to hydrolysis) is 1. The molecule has 3 aliphatic rings. The number of ether oxygens (including phenoxy) is 2. The molecule has 5 N–H and O–H groups in total. The summed E-state index contributed by atoms with van der Waals surface area (Å²) in [5, 5.41) is 16.7. The van der Waals surface area contributed by atoms with Crippen LogP contribution in [0.2, 0.25) is 0 Å². The van der Waals surface area contributed by atoms with Crippen molar-refractivity contribution in [2.24, 2.45) is 11.8 Å². The fourth-order valence-electron chi connectivity index (χ4n) is 10.1. The van der Waals surface area contributed by atoms with Gasteiger partial charge in [0.05, 0.1) is 43.0 Å². The van der Waals surface area contributed by atoms with Gasteiger partial charge in [-0.05, 0) is 79.3 Å². The van der Waals surface area contributed by atoms with E-state index in [-0.39, 0.29) is 41.1 Å². The zero-order valence-electron chi connectivity index (χ0n) is 37.1. The minimum absolute atomic E-state index is 0.120. The van der Waals surface area contributed by atoms with Gasteiger partial charge in [0, 0.05) is 40.8 Å². The number of hydrogen-bond acceptors (Lipinski definition) is 8. The highest BCUT2D eigenvalue weighted by Crippen LogP contribution is 2.55. The molecule has 0 bridgehead atoms. The van der Waals surface area contributed by atoms with Gasteiger partial charge in [-0.3, -0.25) is 9.59 Å². The number of fused-ring (bicyclic) bond motifs is 4. The molecular formula is C48H58N8O7. The highest BCUT2D eigenvalue weighted by atomic mass is 16.5. The van der Waals surface area contributed by atoms with Crippen LogP contribution in [0.5, 0.6) is 11.5 Å². The van der Waals surface area contributed by atoms with Crippen LogP contribution in [-0.2, 0) is 19.7 Å². The van der Waals surface area contributed by atoms with Crippen molar-refractivity contribution in [2.75, 3.05) is 20.2 Å². The lowest BCUT2D eigenvalue weighted by molar-refractivity contribution is -0.136. The Morgan fingerprint density at radius 1 is 0.794 bits per heavy atom. The number of benzene rings is 3. The number of rotatable bonds is 12. The number of imidazole rings is 2. The summed E-state index contributed by atoms with van der Waals surface area (Å²) in [7, 11) is 1.29. The van der Waals surface area contributed by atoms with Gasteiger partial charge in [-0.15, -0.1) is 0 Å². The maximum absolute atomic E-state index is 13.7. The second kappa shape index (κ2) is 17.4. The first-order valence-electron chi connectivity index (χ1n) is 22.2. The Bertz CT molecular complexity index is 2540. The largest absolute Gasteiger partial charge is 0.465 e. The van der Waals surface area contributed by atoms with E-state index in [4.69, 9.17) is 19.4 Å². The van der Waals surface area contributed by atoms with Crippen molar-refractivity contribution in [3.05, 3.63) is 83.7 Å². The summed E-state index contributed by atoms with van der Waals surface area (Å²) in [5.41, 5.74) is 5.51. The quantitative estimate of drug-likeness (QED) is 0.0815. The van der Waals surface area contributed by atoms with Crippen molar-refractivity contribution >= 4 is 34.8 Å². The Kier molecular flexibility index (Phi) is 12.0. The average molecular weight is 859 g/mol. The van der Waals surface area contributed by atoms with Gasteiger partial charge in [0.15, 0.2) is 0 Å². The van der Waals surface area contributed by atoms with Crippen molar-refractivity contribution in [1.29, 1.82) is 0 Å². The summed E-state index contributed by atoms with van der Waals surface area (Å²) in [6.45, 7) is 13.1. The molecule has 332 valence electrons. The zero-order valence-corrected chi connectivity index (χ0v) is 37.1. The van der Waals surface area contributed by atoms with Crippen LogP contribution in [0.15, 0.2) is 60.9 Å². The van der Waals surface area contributed by atoms with Crippen LogP contribution in [0.1, 0.15) is 115 Å². The molecule has 2 unspecified atom stereocenters. The van der Waals surface area contributed by atoms with Crippen LogP contribution in [-0.4, -0.2) is 91.1 Å². The first-order chi connectivity index (χ1) is 30.3.